The number of ketones is 1. The van der Waals surface area contributed by atoms with Crippen molar-refractivity contribution in [2.75, 3.05) is 14.2 Å². The van der Waals surface area contributed by atoms with Crippen molar-refractivity contribution in [2.24, 2.45) is 0 Å². The Balaban J connectivity index is 1.42. The smallest absolute Gasteiger partial charge is 0.231 e. The highest BCUT2D eigenvalue weighted by molar-refractivity contribution is 6.14. The van der Waals surface area contributed by atoms with Gasteiger partial charge in [-0.3, -0.25) is 4.79 Å². The molecule has 0 radical (unpaired) electrons. The van der Waals surface area contributed by atoms with Crippen LogP contribution in [0.1, 0.15) is 21.5 Å². The Kier molecular flexibility index (Phi) is 5.20. The molecular formula is C24H20O5. The Labute approximate surface area is 169 Å². The molecule has 0 atom stereocenters. The Bertz CT molecular complexity index is 1050. The van der Waals surface area contributed by atoms with Crippen LogP contribution in [0.25, 0.3) is 6.08 Å². The molecule has 0 fully saturated rings. The molecule has 0 bridgehead atoms. The number of fused-ring (bicyclic) bond motifs is 1. The molecule has 4 rings (SSSR count). The van der Waals surface area contributed by atoms with Crippen LogP contribution in [0.15, 0.2) is 72.5 Å². The van der Waals surface area contributed by atoms with E-state index in [9.17, 15) is 4.79 Å². The van der Waals surface area contributed by atoms with E-state index in [-0.39, 0.29) is 5.78 Å². The van der Waals surface area contributed by atoms with Gasteiger partial charge in [0.05, 0.1) is 19.8 Å². The van der Waals surface area contributed by atoms with Crippen molar-refractivity contribution >= 4 is 11.9 Å². The molecule has 0 unspecified atom stereocenters. The summed E-state index contributed by atoms with van der Waals surface area (Å²) in [6.07, 6.45) is 1.72. The zero-order chi connectivity index (χ0) is 20.2. The van der Waals surface area contributed by atoms with Crippen LogP contribution in [0, 0.1) is 0 Å². The summed E-state index contributed by atoms with van der Waals surface area (Å²) in [5, 5.41) is 0. The van der Waals surface area contributed by atoms with Crippen LogP contribution in [0.3, 0.4) is 0 Å². The van der Waals surface area contributed by atoms with Crippen molar-refractivity contribution in [3.05, 3.63) is 89.2 Å². The molecule has 1 aliphatic rings. The maximum Gasteiger partial charge on any atom is 0.231 e. The van der Waals surface area contributed by atoms with Crippen LogP contribution < -0.4 is 18.9 Å². The first kappa shape index (κ1) is 18.6. The van der Waals surface area contributed by atoms with Gasteiger partial charge in [0, 0.05) is 6.07 Å². The molecular weight excluding hydrogens is 368 g/mol. The van der Waals surface area contributed by atoms with Gasteiger partial charge in [0.1, 0.15) is 29.6 Å². The summed E-state index contributed by atoms with van der Waals surface area (Å²) >= 11 is 0. The van der Waals surface area contributed by atoms with E-state index in [4.69, 9.17) is 18.9 Å². The first-order valence-corrected chi connectivity index (χ1v) is 9.14. The standard InChI is InChI=1S/C24H20O5/c1-26-18-7-5-17(6-8-18)15-28-19-9-3-16(4-10-19)13-23-24(25)21-12-11-20(27-2)14-22(21)29-23/h3-14H,15H2,1-2H3/b23-13-. The third-order valence-corrected chi connectivity index (χ3v) is 4.62. The average molecular weight is 388 g/mol. The summed E-state index contributed by atoms with van der Waals surface area (Å²) in [4.78, 5) is 12.5. The summed E-state index contributed by atoms with van der Waals surface area (Å²) in [7, 11) is 3.22. The first-order valence-electron chi connectivity index (χ1n) is 9.14. The lowest BCUT2D eigenvalue weighted by Crippen LogP contribution is -1.98. The molecule has 1 heterocycles. The Hall–Kier alpha value is -3.73. The van der Waals surface area contributed by atoms with Crippen molar-refractivity contribution in [1.29, 1.82) is 0 Å². The number of methoxy groups -OCH3 is 2. The summed E-state index contributed by atoms with van der Waals surface area (Å²) in [6, 6.07) is 20.4. The fourth-order valence-corrected chi connectivity index (χ4v) is 2.99. The summed E-state index contributed by atoms with van der Waals surface area (Å²) in [6.45, 7) is 0.461. The van der Waals surface area contributed by atoms with Crippen molar-refractivity contribution < 1.29 is 23.7 Å². The van der Waals surface area contributed by atoms with Crippen LogP contribution in [-0.4, -0.2) is 20.0 Å². The highest BCUT2D eigenvalue weighted by atomic mass is 16.5. The van der Waals surface area contributed by atoms with E-state index in [2.05, 4.69) is 0 Å². The van der Waals surface area contributed by atoms with Gasteiger partial charge in [-0.25, -0.2) is 0 Å². The van der Waals surface area contributed by atoms with Crippen LogP contribution in [0.2, 0.25) is 0 Å². The average Bonchev–Trinajstić information content (AvgIpc) is 3.08. The van der Waals surface area contributed by atoms with E-state index < -0.39 is 0 Å². The second-order valence-corrected chi connectivity index (χ2v) is 6.51. The number of carbonyl (C=O) groups is 1. The molecule has 0 aromatic heterocycles. The van der Waals surface area contributed by atoms with E-state index in [1.54, 1.807) is 38.5 Å². The molecule has 0 N–H and O–H groups in total. The molecule has 0 saturated carbocycles. The maximum absolute atomic E-state index is 12.5. The quantitative estimate of drug-likeness (QED) is 0.562. The predicted molar refractivity (Wildman–Crippen MR) is 110 cm³/mol. The second-order valence-electron chi connectivity index (χ2n) is 6.51. The number of hydrogen-bond acceptors (Lipinski definition) is 5. The molecule has 0 aliphatic carbocycles. The lowest BCUT2D eigenvalue weighted by molar-refractivity contribution is 0.101. The van der Waals surface area contributed by atoms with Crippen LogP contribution in [0.5, 0.6) is 23.0 Å². The number of Topliss-reactive ketones (excluding diaryl/α,β-unsaturated/α-hetero) is 1. The highest BCUT2D eigenvalue weighted by Crippen LogP contribution is 2.34. The van der Waals surface area contributed by atoms with Crippen LogP contribution in [0.4, 0.5) is 0 Å². The number of allylic oxidation sites excluding steroid dienone is 1. The van der Waals surface area contributed by atoms with Crippen molar-refractivity contribution in [1.82, 2.24) is 0 Å². The van der Waals surface area contributed by atoms with E-state index in [1.165, 1.54) is 0 Å². The number of rotatable bonds is 6. The van der Waals surface area contributed by atoms with Gasteiger partial charge in [-0.05, 0) is 53.6 Å². The summed E-state index contributed by atoms with van der Waals surface area (Å²) in [5.41, 5.74) is 2.44. The van der Waals surface area contributed by atoms with Gasteiger partial charge in [0.2, 0.25) is 5.78 Å². The SMILES string of the molecule is COc1ccc(COc2ccc(/C=C3\Oc4cc(OC)ccc4C3=O)cc2)cc1. The van der Waals surface area contributed by atoms with Crippen molar-refractivity contribution in [3.8, 4) is 23.0 Å². The topological polar surface area (TPSA) is 54.0 Å². The van der Waals surface area contributed by atoms with Crippen LogP contribution in [-0.2, 0) is 6.61 Å². The number of carbonyl (C=O) groups excluding carboxylic acids is 1. The predicted octanol–water partition coefficient (Wildman–Crippen LogP) is 4.90. The minimum atomic E-state index is -0.137. The Morgan fingerprint density at radius 2 is 1.48 bits per heavy atom. The third kappa shape index (κ3) is 4.09. The van der Waals surface area contributed by atoms with Crippen LogP contribution >= 0.6 is 0 Å². The zero-order valence-corrected chi connectivity index (χ0v) is 16.2. The van der Waals surface area contributed by atoms with E-state index >= 15 is 0 Å². The zero-order valence-electron chi connectivity index (χ0n) is 16.2. The minimum Gasteiger partial charge on any atom is -0.497 e. The summed E-state index contributed by atoms with van der Waals surface area (Å²) in [5.74, 6) is 2.88. The molecule has 5 nitrogen and oxygen atoms in total. The molecule has 0 spiro atoms. The van der Waals surface area contributed by atoms with Gasteiger partial charge in [-0.2, -0.15) is 0 Å². The highest BCUT2D eigenvalue weighted by Gasteiger charge is 2.27. The molecule has 5 heteroatoms. The second kappa shape index (κ2) is 8.10. The normalized spacial score (nSPS) is 13.7. The molecule has 146 valence electrons. The molecule has 3 aromatic rings. The maximum atomic E-state index is 12.5. The van der Waals surface area contributed by atoms with Gasteiger partial charge in [0.25, 0.3) is 0 Å². The van der Waals surface area contributed by atoms with E-state index in [1.807, 2.05) is 48.5 Å². The van der Waals surface area contributed by atoms with E-state index in [0.29, 0.717) is 29.4 Å². The minimum absolute atomic E-state index is 0.137. The molecule has 29 heavy (non-hydrogen) atoms. The fraction of sp³-hybridized carbons (Fsp3) is 0.125. The molecule has 0 amide bonds. The molecule has 1 aliphatic heterocycles. The lowest BCUT2D eigenvalue weighted by Gasteiger charge is -2.07. The van der Waals surface area contributed by atoms with Gasteiger partial charge in [0.15, 0.2) is 5.76 Å². The van der Waals surface area contributed by atoms with Gasteiger partial charge in [-0.15, -0.1) is 0 Å². The Morgan fingerprint density at radius 1 is 0.828 bits per heavy atom. The van der Waals surface area contributed by atoms with E-state index in [0.717, 1.165) is 22.6 Å². The largest absolute Gasteiger partial charge is 0.497 e. The Morgan fingerprint density at radius 3 is 2.17 bits per heavy atom. The molecule has 3 aromatic carbocycles. The van der Waals surface area contributed by atoms with Gasteiger partial charge in [-0.1, -0.05) is 24.3 Å². The lowest BCUT2D eigenvalue weighted by atomic mass is 10.1. The van der Waals surface area contributed by atoms with Gasteiger partial charge < -0.3 is 18.9 Å². The first-order chi connectivity index (χ1) is 14.2. The third-order valence-electron chi connectivity index (χ3n) is 4.62. The summed E-state index contributed by atoms with van der Waals surface area (Å²) < 4.78 is 21.9. The monoisotopic (exact) mass is 388 g/mol. The van der Waals surface area contributed by atoms with Crippen molar-refractivity contribution in [3.63, 3.8) is 0 Å². The van der Waals surface area contributed by atoms with Gasteiger partial charge >= 0.3 is 0 Å². The number of benzene rings is 3. The fourth-order valence-electron chi connectivity index (χ4n) is 2.99. The van der Waals surface area contributed by atoms with Crippen molar-refractivity contribution in [2.45, 2.75) is 6.61 Å². The number of ether oxygens (including phenoxy) is 4. The number of hydrogen-bond donors (Lipinski definition) is 0. The molecule has 0 saturated heterocycles.